The molecule has 0 aliphatic carbocycles. The summed E-state index contributed by atoms with van der Waals surface area (Å²) in [5.41, 5.74) is 0.639. The Morgan fingerprint density at radius 1 is 1.13 bits per heavy atom. The lowest BCUT2D eigenvalue weighted by atomic mass is 10.1. The number of methoxy groups -OCH3 is 2. The third-order valence-corrected chi connectivity index (χ3v) is 3.68. The van der Waals surface area contributed by atoms with Crippen molar-refractivity contribution >= 4 is 10.9 Å². The van der Waals surface area contributed by atoms with Crippen LogP contribution in [0.5, 0.6) is 17.2 Å². The Hall–Kier alpha value is -2.17. The number of aromatic nitrogens is 1. The first kappa shape index (κ1) is 17.2. The summed E-state index contributed by atoms with van der Waals surface area (Å²) in [4.78, 5) is 12.9. The van der Waals surface area contributed by atoms with Crippen molar-refractivity contribution in [3.05, 3.63) is 28.6 Å². The van der Waals surface area contributed by atoms with E-state index in [-0.39, 0.29) is 17.4 Å². The second-order valence-corrected chi connectivity index (χ2v) is 5.72. The van der Waals surface area contributed by atoms with E-state index in [0.29, 0.717) is 18.0 Å². The molecule has 1 aromatic heterocycles. The van der Waals surface area contributed by atoms with Gasteiger partial charge in [0.2, 0.25) is 5.75 Å². The zero-order valence-electron chi connectivity index (χ0n) is 14.5. The maximum absolute atomic E-state index is 12.9. The highest BCUT2D eigenvalue weighted by Gasteiger charge is 2.20. The zero-order chi connectivity index (χ0) is 17.0. The fourth-order valence-electron chi connectivity index (χ4n) is 2.59. The van der Waals surface area contributed by atoms with Crippen molar-refractivity contribution in [2.45, 2.75) is 46.3 Å². The number of nitrogens with zero attached hydrogens (tertiary/aromatic N) is 1. The molecule has 0 aliphatic heterocycles. The summed E-state index contributed by atoms with van der Waals surface area (Å²) in [6.45, 7) is 6.53. The second kappa shape index (κ2) is 7.40. The highest BCUT2D eigenvalue weighted by atomic mass is 16.5. The second-order valence-electron chi connectivity index (χ2n) is 5.72. The van der Waals surface area contributed by atoms with E-state index >= 15 is 0 Å². The van der Waals surface area contributed by atoms with Crippen molar-refractivity contribution < 1.29 is 14.2 Å². The van der Waals surface area contributed by atoms with Gasteiger partial charge in [0.1, 0.15) is 5.75 Å². The number of hydrogen-bond acceptors (Lipinski definition) is 4. The van der Waals surface area contributed by atoms with Crippen LogP contribution in [-0.4, -0.2) is 24.9 Å². The molecule has 23 heavy (non-hydrogen) atoms. The summed E-state index contributed by atoms with van der Waals surface area (Å²) in [7, 11) is 3.17. The van der Waals surface area contributed by atoms with E-state index < -0.39 is 0 Å². The highest BCUT2D eigenvalue weighted by Crippen LogP contribution is 2.34. The van der Waals surface area contributed by atoms with Crippen molar-refractivity contribution in [2.75, 3.05) is 14.2 Å². The van der Waals surface area contributed by atoms with Crippen LogP contribution in [0.2, 0.25) is 0 Å². The van der Waals surface area contributed by atoms with E-state index in [1.165, 1.54) is 0 Å². The molecule has 0 bridgehead atoms. The number of fused-ring (bicyclic) bond motifs is 1. The highest BCUT2D eigenvalue weighted by molar-refractivity contribution is 5.89. The normalized spacial score (nSPS) is 11.0. The lowest BCUT2D eigenvalue weighted by Crippen LogP contribution is -2.25. The lowest BCUT2D eigenvalue weighted by molar-refractivity contribution is 0.226. The molecule has 1 heterocycles. The number of hydrogen-bond donors (Lipinski definition) is 0. The molecule has 0 saturated heterocycles. The Bertz CT molecular complexity index is 734. The molecule has 0 saturated carbocycles. The summed E-state index contributed by atoms with van der Waals surface area (Å²) in [5.74, 6) is 1.46. The Morgan fingerprint density at radius 3 is 2.43 bits per heavy atom. The first-order valence-electron chi connectivity index (χ1n) is 7.98. The van der Waals surface area contributed by atoms with Crippen molar-refractivity contribution in [1.29, 1.82) is 0 Å². The van der Waals surface area contributed by atoms with Crippen LogP contribution in [0.4, 0.5) is 0 Å². The first-order chi connectivity index (χ1) is 11.0. The van der Waals surface area contributed by atoms with Crippen molar-refractivity contribution in [1.82, 2.24) is 4.57 Å². The fraction of sp³-hybridized carbons (Fsp3) is 0.500. The monoisotopic (exact) mass is 319 g/mol. The molecule has 0 radical (unpaired) electrons. The minimum absolute atomic E-state index is 0.105. The van der Waals surface area contributed by atoms with Crippen molar-refractivity contribution in [3.63, 3.8) is 0 Å². The van der Waals surface area contributed by atoms with Gasteiger partial charge >= 0.3 is 0 Å². The Morgan fingerprint density at radius 2 is 1.87 bits per heavy atom. The Balaban J connectivity index is 2.80. The van der Waals surface area contributed by atoms with E-state index in [1.54, 1.807) is 18.8 Å². The Labute approximate surface area is 136 Å². The molecule has 0 fully saturated rings. The molecular weight excluding hydrogens is 294 g/mol. The minimum Gasteiger partial charge on any atom is -0.497 e. The molecule has 5 nitrogen and oxygen atoms in total. The topological polar surface area (TPSA) is 49.7 Å². The summed E-state index contributed by atoms with van der Waals surface area (Å²) in [5, 5.41) is 0.847. The van der Waals surface area contributed by atoms with E-state index in [1.807, 2.05) is 32.0 Å². The molecule has 2 aromatic rings. The van der Waals surface area contributed by atoms with Gasteiger partial charge in [-0.3, -0.25) is 4.79 Å². The predicted molar refractivity (Wildman–Crippen MR) is 92.0 cm³/mol. The maximum atomic E-state index is 12.9. The number of aryl methyl sites for hydroxylation is 1. The van der Waals surface area contributed by atoms with Crippen LogP contribution in [0.3, 0.4) is 0 Å². The first-order valence-corrected chi connectivity index (χ1v) is 7.98. The molecule has 2 rings (SSSR count). The van der Waals surface area contributed by atoms with Crippen LogP contribution < -0.4 is 19.8 Å². The molecule has 0 spiro atoms. The van der Waals surface area contributed by atoms with Crippen molar-refractivity contribution in [3.8, 4) is 17.2 Å². The van der Waals surface area contributed by atoms with Crippen LogP contribution in [-0.2, 0) is 6.54 Å². The van der Waals surface area contributed by atoms with Crippen LogP contribution >= 0.6 is 0 Å². The standard InChI is InChI=1S/C18H25NO4/c1-6-7-10-19-15-11-13(21-4)8-9-14(15)16(22-5)17(18(19)20)23-12(2)3/h8-9,11-12H,6-7,10H2,1-5H3. The molecular formula is C18H25NO4. The molecule has 1 aromatic carbocycles. The van der Waals surface area contributed by atoms with Gasteiger partial charge in [0.15, 0.2) is 5.75 Å². The summed E-state index contributed by atoms with van der Waals surface area (Å²) < 4.78 is 18.3. The van der Waals surface area contributed by atoms with Crippen LogP contribution in [0.25, 0.3) is 10.9 Å². The largest absolute Gasteiger partial charge is 0.497 e. The van der Waals surface area contributed by atoms with Crippen LogP contribution in [0.15, 0.2) is 23.0 Å². The number of benzene rings is 1. The number of unbranched alkanes of at least 4 members (excludes halogenated alkanes) is 1. The third kappa shape index (κ3) is 3.44. The molecule has 126 valence electrons. The predicted octanol–water partition coefficient (Wildman–Crippen LogP) is 3.61. The third-order valence-electron chi connectivity index (χ3n) is 3.68. The molecule has 0 atom stereocenters. The van der Waals surface area contributed by atoms with Gasteiger partial charge in [0.05, 0.1) is 25.8 Å². The van der Waals surface area contributed by atoms with Gasteiger partial charge in [-0.15, -0.1) is 0 Å². The van der Waals surface area contributed by atoms with Gasteiger partial charge in [0.25, 0.3) is 5.56 Å². The van der Waals surface area contributed by atoms with E-state index in [9.17, 15) is 4.79 Å². The quantitative estimate of drug-likeness (QED) is 0.782. The molecule has 5 heteroatoms. The van der Waals surface area contributed by atoms with Crippen molar-refractivity contribution in [2.24, 2.45) is 0 Å². The number of ether oxygens (including phenoxy) is 3. The summed E-state index contributed by atoms with van der Waals surface area (Å²) in [6, 6.07) is 5.63. The molecule has 0 aliphatic rings. The summed E-state index contributed by atoms with van der Waals surface area (Å²) in [6.07, 6.45) is 1.82. The molecule has 0 amide bonds. The van der Waals surface area contributed by atoms with Gasteiger partial charge < -0.3 is 18.8 Å². The summed E-state index contributed by atoms with van der Waals surface area (Å²) >= 11 is 0. The average molecular weight is 319 g/mol. The van der Waals surface area contributed by atoms with E-state index in [0.717, 1.165) is 23.7 Å². The van der Waals surface area contributed by atoms with Gasteiger partial charge in [-0.25, -0.2) is 0 Å². The maximum Gasteiger partial charge on any atom is 0.297 e. The smallest absolute Gasteiger partial charge is 0.297 e. The van der Waals surface area contributed by atoms with E-state index in [4.69, 9.17) is 14.2 Å². The van der Waals surface area contributed by atoms with Crippen LogP contribution in [0.1, 0.15) is 33.6 Å². The molecule has 0 unspecified atom stereocenters. The van der Waals surface area contributed by atoms with Gasteiger partial charge in [0, 0.05) is 18.0 Å². The number of pyridine rings is 1. The van der Waals surface area contributed by atoms with Crippen LogP contribution in [0, 0.1) is 0 Å². The van der Waals surface area contributed by atoms with Gasteiger partial charge in [-0.2, -0.15) is 0 Å². The average Bonchev–Trinajstić information content (AvgIpc) is 2.54. The van der Waals surface area contributed by atoms with E-state index in [2.05, 4.69) is 6.92 Å². The fourth-order valence-corrected chi connectivity index (χ4v) is 2.59. The SMILES string of the molecule is CCCCn1c(=O)c(OC(C)C)c(OC)c2ccc(OC)cc21. The number of rotatable bonds is 7. The lowest BCUT2D eigenvalue weighted by Gasteiger charge is -2.19. The Kier molecular flexibility index (Phi) is 5.53. The molecule has 0 N–H and O–H groups in total. The zero-order valence-corrected chi connectivity index (χ0v) is 14.5. The van der Waals surface area contributed by atoms with Gasteiger partial charge in [-0.1, -0.05) is 13.3 Å². The minimum atomic E-state index is -0.162. The van der Waals surface area contributed by atoms with Gasteiger partial charge in [-0.05, 0) is 32.4 Å².